The van der Waals surface area contributed by atoms with Crippen LogP contribution < -0.4 is 9.64 Å². The number of nitrogens with zero attached hydrogens (tertiary/aromatic N) is 2. The molecule has 32 heavy (non-hydrogen) atoms. The van der Waals surface area contributed by atoms with Gasteiger partial charge in [0.2, 0.25) is 10.0 Å². The number of aryl methyl sites for hydroxylation is 1. The summed E-state index contributed by atoms with van der Waals surface area (Å²) in [5.74, 6) is -0.914. The molecule has 1 amide bonds. The zero-order chi connectivity index (χ0) is 22.7. The van der Waals surface area contributed by atoms with Gasteiger partial charge in [-0.1, -0.05) is 18.2 Å². The fraction of sp³-hybridized carbons (Fsp3) is 0.391. The first-order valence-corrected chi connectivity index (χ1v) is 12.1. The van der Waals surface area contributed by atoms with E-state index in [-0.39, 0.29) is 22.1 Å². The number of carbonyl (C=O) groups excluding carboxylic acids is 2. The molecule has 4 rings (SSSR count). The molecule has 170 valence electrons. The summed E-state index contributed by atoms with van der Waals surface area (Å²) in [4.78, 5) is 26.9. The molecule has 0 radical (unpaired) electrons. The van der Waals surface area contributed by atoms with E-state index in [4.69, 9.17) is 9.47 Å². The maximum Gasteiger partial charge on any atom is 0.338 e. The monoisotopic (exact) mass is 458 g/mol. The molecule has 0 atom stereocenters. The van der Waals surface area contributed by atoms with Crippen LogP contribution in [-0.2, 0) is 26.0 Å². The van der Waals surface area contributed by atoms with Crippen molar-refractivity contribution in [2.45, 2.75) is 30.6 Å². The Morgan fingerprint density at radius 2 is 1.75 bits per heavy atom. The molecule has 0 unspecified atom stereocenters. The number of benzene rings is 2. The number of hydrogen-bond donors (Lipinski definition) is 0. The molecular weight excluding hydrogens is 432 g/mol. The summed E-state index contributed by atoms with van der Waals surface area (Å²) >= 11 is 0. The third kappa shape index (κ3) is 4.35. The smallest absolute Gasteiger partial charge is 0.338 e. The normalized spacial score (nSPS) is 16.5. The van der Waals surface area contributed by atoms with Crippen molar-refractivity contribution < 1.29 is 27.5 Å². The number of fused-ring (bicyclic) bond motifs is 1. The van der Waals surface area contributed by atoms with Gasteiger partial charge < -0.3 is 14.4 Å². The van der Waals surface area contributed by atoms with E-state index in [0.717, 1.165) is 36.9 Å². The first kappa shape index (κ1) is 22.3. The number of esters is 1. The van der Waals surface area contributed by atoms with Gasteiger partial charge in [0.15, 0.2) is 6.61 Å². The number of ether oxygens (including phenoxy) is 2. The molecule has 9 heteroatoms. The number of amides is 1. The molecule has 2 heterocycles. The van der Waals surface area contributed by atoms with Crippen molar-refractivity contribution in [3.8, 4) is 5.75 Å². The Kier molecular flexibility index (Phi) is 6.48. The van der Waals surface area contributed by atoms with E-state index < -0.39 is 22.6 Å². The maximum atomic E-state index is 13.0. The van der Waals surface area contributed by atoms with Crippen LogP contribution in [0.1, 0.15) is 35.2 Å². The Hall–Kier alpha value is -2.91. The van der Waals surface area contributed by atoms with E-state index in [0.29, 0.717) is 19.6 Å². The Labute approximate surface area is 187 Å². The lowest BCUT2D eigenvalue weighted by molar-refractivity contribution is -0.121. The molecule has 1 saturated heterocycles. The van der Waals surface area contributed by atoms with Gasteiger partial charge >= 0.3 is 5.97 Å². The van der Waals surface area contributed by atoms with Crippen molar-refractivity contribution in [3.63, 3.8) is 0 Å². The van der Waals surface area contributed by atoms with Gasteiger partial charge in [0.1, 0.15) is 10.6 Å². The number of methoxy groups -OCH3 is 1. The molecule has 0 N–H and O–H groups in total. The first-order chi connectivity index (χ1) is 15.4. The van der Waals surface area contributed by atoms with Crippen LogP contribution in [0.2, 0.25) is 0 Å². The summed E-state index contributed by atoms with van der Waals surface area (Å²) in [5.41, 5.74) is 1.98. The lowest BCUT2D eigenvalue weighted by Crippen LogP contribution is -2.38. The topological polar surface area (TPSA) is 93.2 Å². The van der Waals surface area contributed by atoms with Crippen LogP contribution in [0.3, 0.4) is 0 Å². The highest BCUT2D eigenvalue weighted by Crippen LogP contribution is 2.30. The second-order valence-corrected chi connectivity index (χ2v) is 9.74. The number of rotatable bonds is 6. The molecular formula is C23H26N2O6S. The van der Waals surface area contributed by atoms with Crippen LogP contribution in [0.4, 0.5) is 5.69 Å². The Morgan fingerprint density at radius 3 is 2.50 bits per heavy atom. The SMILES string of the molecule is COc1ccc(C(=O)OCC(=O)N2CCCc3ccccc32)cc1S(=O)(=O)N1CCCC1. The molecule has 2 aromatic rings. The van der Waals surface area contributed by atoms with E-state index in [1.54, 1.807) is 4.90 Å². The summed E-state index contributed by atoms with van der Waals surface area (Å²) in [6, 6.07) is 11.8. The summed E-state index contributed by atoms with van der Waals surface area (Å²) in [5, 5.41) is 0. The van der Waals surface area contributed by atoms with E-state index in [9.17, 15) is 18.0 Å². The minimum atomic E-state index is -3.79. The number of sulfonamides is 1. The molecule has 2 aromatic carbocycles. The predicted octanol–water partition coefficient (Wildman–Crippen LogP) is 2.62. The number of hydrogen-bond acceptors (Lipinski definition) is 6. The van der Waals surface area contributed by atoms with Gasteiger partial charge in [0, 0.05) is 25.3 Å². The van der Waals surface area contributed by atoms with Gasteiger partial charge in [-0.05, 0) is 55.5 Å². The average molecular weight is 459 g/mol. The maximum absolute atomic E-state index is 13.0. The Bertz CT molecular complexity index is 1130. The third-order valence-electron chi connectivity index (χ3n) is 5.82. The van der Waals surface area contributed by atoms with E-state index in [1.165, 1.54) is 29.6 Å². The molecule has 8 nitrogen and oxygen atoms in total. The zero-order valence-electron chi connectivity index (χ0n) is 18.0. The lowest BCUT2D eigenvalue weighted by Gasteiger charge is -2.29. The van der Waals surface area contributed by atoms with Gasteiger partial charge in [-0.25, -0.2) is 13.2 Å². The van der Waals surface area contributed by atoms with E-state index in [2.05, 4.69) is 0 Å². The highest BCUT2D eigenvalue weighted by atomic mass is 32.2. The second kappa shape index (κ2) is 9.30. The first-order valence-electron chi connectivity index (χ1n) is 10.7. The second-order valence-electron chi connectivity index (χ2n) is 7.83. The molecule has 0 aromatic heterocycles. The molecule has 0 saturated carbocycles. The highest BCUT2D eigenvalue weighted by Gasteiger charge is 2.31. The molecule has 0 aliphatic carbocycles. The van der Waals surface area contributed by atoms with Crippen molar-refractivity contribution in [3.05, 3.63) is 53.6 Å². The van der Waals surface area contributed by atoms with Crippen LogP contribution in [0.5, 0.6) is 5.75 Å². The number of para-hydroxylation sites is 1. The average Bonchev–Trinajstić information content (AvgIpc) is 3.37. The predicted molar refractivity (Wildman–Crippen MR) is 118 cm³/mol. The van der Waals surface area contributed by atoms with Crippen molar-refractivity contribution in [1.82, 2.24) is 4.31 Å². The van der Waals surface area contributed by atoms with Gasteiger partial charge in [0.05, 0.1) is 12.7 Å². The van der Waals surface area contributed by atoms with Gasteiger partial charge in [-0.15, -0.1) is 0 Å². The summed E-state index contributed by atoms with van der Waals surface area (Å²) < 4.78 is 37.9. The molecule has 0 spiro atoms. The number of anilines is 1. The van der Waals surface area contributed by atoms with Crippen LogP contribution in [0.15, 0.2) is 47.4 Å². The van der Waals surface area contributed by atoms with Gasteiger partial charge in [0.25, 0.3) is 5.91 Å². The van der Waals surface area contributed by atoms with Crippen molar-refractivity contribution in [2.24, 2.45) is 0 Å². The van der Waals surface area contributed by atoms with Crippen molar-refractivity contribution >= 4 is 27.6 Å². The third-order valence-corrected chi connectivity index (χ3v) is 7.74. The molecule has 2 aliphatic rings. The van der Waals surface area contributed by atoms with Crippen LogP contribution in [0, 0.1) is 0 Å². The lowest BCUT2D eigenvalue weighted by atomic mass is 10.0. The van der Waals surface area contributed by atoms with Crippen molar-refractivity contribution in [2.75, 3.05) is 38.3 Å². The molecule has 1 fully saturated rings. The fourth-order valence-electron chi connectivity index (χ4n) is 4.15. The van der Waals surface area contributed by atoms with E-state index >= 15 is 0 Å². The van der Waals surface area contributed by atoms with Crippen LogP contribution in [-0.4, -0.2) is 58.0 Å². The highest BCUT2D eigenvalue weighted by molar-refractivity contribution is 7.89. The Balaban J connectivity index is 1.49. The summed E-state index contributed by atoms with van der Waals surface area (Å²) in [6.07, 6.45) is 3.34. The van der Waals surface area contributed by atoms with E-state index in [1.807, 2.05) is 24.3 Å². The minimum Gasteiger partial charge on any atom is -0.495 e. The molecule has 2 aliphatic heterocycles. The van der Waals surface area contributed by atoms with Crippen LogP contribution in [0.25, 0.3) is 0 Å². The molecule has 0 bridgehead atoms. The standard InChI is InChI=1S/C23H26N2O6S/c1-30-20-11-10-18(15-21(20)32(28,29)24-12-4-5-13-24)23(27)31-16-22(26)25-14-6-8-17-7-2-3-9-19(17)25/h2-3,7,9-11,15H,4-6,8,12-14,16H2,1H3. The fourth-order valence-corrected chi connectivity index (χ4v) is 5.85. The van der Waals surface area contributed by atoms with Crippen molar-refractivity contribution in [1.29, 1.82) is 0 Å². The largest absolute Gasteiger partial charge is 0.495 e. The quantitative estimate of drug-likeness (QED) is 0.618. The Morgan fingerprint density at radius 1 is 1.00 bits per heavy atom. The summed E-state index contributed by atoms with van der Waals surface area (Å²) in [7, 11) is -2.41. The number of carbonyl (C=O) groups is 2. The van der Waals surface area contributed by atoms with Gasteiger partial charge in [-0.3, -0.25) is 4.79 Å². The minimum absolute atomic E-state index is 0.0513. The summed E-state index contributed by atoms with van der Waals surface area (Å²) in [6.45, 7) is 1.01. The van der Waals surface area contributed by atoms with Crippen LogP contribution >= 0.6 is 0 Å². The zero-order valence-corrected chi connectivity index (χ0v) is 18.8. The van der Waals surface area contributed by atoms with Gasteiger partial charge in [-0.2, -0.15) is 4.31 Å².